The molecule has 4 rings (SSSR count). The van der Waals surface area contributed by atoms with Crippen molar-refractivity contribution in [1.82, 2.24) is 14.3 Å². The average Bonchev–Trinajstić information content (AvgIpc) is 2.75. The minimum Gasteiger partial charge on any atom is -0.378 e. The first-order chi connectivity index (χ1) is 14.3. The summed E-state index contributed by atoms with van der Waals surface area (Å²) >= 11 is 0. The number of ether oxygens (including phenoxy) is 1. The van der Waals surface area contributed by atoms with E-state index in [4.69, 9.17) is 9.72 Å². The molecule has 0 saturated carbocycles. The van der Waals surface area contributed by atoms with Crippen LogP contribution >= 0.6 is 0 Å². The van der Waals surface area contributed by atoms with Gasteiger partial charge in [0.05, 0.1) is 18.1 Å². The van der Waals surface area contributed by atoms with Crippen LogP contribution in [0.15, 0.2) is 29.2 Å². The van der Waals surface area contributed by atoms with Crippen LogP contribution in [0.25, 0.3) is 0 Å². The van der Waals surface area contributed by atoms with Crippen LogP contribution in [0.4, 0.5) is 11.8 Å². The summed E-state index contributed by atoms with van der Waals surface area (Å²) in [4.78, 5) is 14.1. The highest BCUT2D eigenvalue weighted by Gasteiger charge is 2.30. The Morgan fingerprint density at radius 3 is 2.27 bits per heavy atom. The Kier molecular flexibility index (Phi) is 5.95. The molecule has 0 spiro atoms. The van der Waals surface area contributed by atoms with E-state index < -0.39 is 10.0 Å². The molecule has 0 amide bonds. The number of hydrogen-bond donors (Lipinski definition) is 0. The van der Waals surface area contributed by atoms with E-state index >= 15 is 0 Å². The molecule has 1 aromatic heterocycles. The molecule has 2 fully saturated rings. The van der Waals surface area contributed by atoms with Crippen LogP contribution in [0.5, 0.6) is 0 Å². The quantitative estimate of drug-likeness (QED) is 0.730. The lowest BCUT2D eigenvalue weighted by Crippen LogP contribution is -2.49. The van der Waals surface area contributed by atoms with Gasteiger partial charge in [-0.15, -0.1) is 0 Å². The average molecular weight is 432 g/mol. The molecule has 30 heavy (non-hydrogen) atoms. The number of benzene rings is 1. The van der Waals surface area contributed by atoms with E-state index in [1.54, 1.807) is 10.4 Å². The summed E-state index contributed by atoms with van der Waals surface area (Å²) in [5.41, 5.74) is 2.63. The predicted octanol–water partition coefficient (Wildman–Crippen LogP) is 1.75. The van der Waals surface area contributed by atoms with Gasteiger partial charge in [0.15, 0.2) is 0 Å². The maximum absolute atomic E-state index is 13.2. The van der Waals surface area contributed by atoms with E-state index in [9.17, 15) is 8.42 Å². The Hall–Kier alpha value is -2.23. The van der Waals surface area contributed by atoms with Gasteiger partial charge in [-0.3, -0.25) is 0 Å². The van der Waals surface area contributed by atoms with E-state index in [-0.39, 0.29) is 0 Å². The summed E-state index contributed by atoms with van der Waals surface area (Å²) in [6.07, 6.45) is 0. The van der Waals surface area contributed by atoms with Gasteiger partial charge in [0.25, 0.3) is 0 Å². The van der Waals surface area contributed by atoms with Crippen molar-refractivity contribution in [2.45, 2.75) is 25.7 Å². The zero-order chi connectivity index (χ0) is 21.3. The van der Waals surface area contributed by atoms with Crippen LogP contribution < -0.4 is 9.80 Å². The number of morpholine rings is 1. The normalized spacial score (nSPS) is 18.6. The van der Waals surface area contributed by atoms with Gasteiger partial charge in [-0.1, -0.05) is 12.1 Å². The second kappa shape index (κ2) is 8.49. The Morgan fingerprint density at radius 1 is 0.867 bits per heavy atom. The van der Waals surface area contributed by atoms with Crippen LogP contribution in [0.2, 0.25) is 0 Å². The lowest BCUT2D eigenvalue weighted by molar-refractivity contribution is 0.122. The maximum Gasteiger partial charge on any atom is 0.243 e. The molecule has 0 radical (unpaired) electrons. The second-order valence-electron chi connectivity index (χ2n) is 7.93. The van der Waals surface area contributed by atoms with Crippen LogP contribution in [-0.2, 0) is 14.8 Å². The SMILES string of the molecule is Cc1ccc(C)c(S(=O)(=O)N2CCN(c3nc(C)cc(N4CCOCC4)n3)CC2)c1. The Balaban J connectivity index is 1.49. The minimum absolute atomic E-state index is 0.400. The third kappa shape index (κ3) is 4.28. The topological polar surface area (TPSA) is 78.9 Å². The number of aryl methyl sites for hydroxylation is 3. The largest absolute Gasteiger partial charge is 0.378 e. The van der Waals surface area contributed by atoms with Crippen molar-refractivity contribution >= 4 is 21.8 Å². The summed E-state index contributed by atoms with van der Waals surface area (Å²) < 4.78 is 33.4. The van der Waals surface area contributed by atoms with E-state index in [0.29, 0.717) is 50.2 Å². The number of nitrogens with zero attached hydrogens (tertiary/aromatic N) is 5. The fourth-order valence-electron chi connectivity index (χ4n) is 3.89. The number of sulfonamides is 1. The number of hydrogen-bond acceptors (Lipinski definition) is 7. The molecular weight excluding hydrogens is 402 g/mol. The molecule has 3 heterocycles. The molecule has 1 aromatic carbocycles. The Bertz CT molecular complexity index is 1010. The third-order valence-corrected chi connectivity index (χ3v) is 7.69. The van der Waals surface area contributed by atoms with E-state index in [2.05, 4.69) is 14.8 Å². The van der Waals surface area contributed by atoms with Gasteiger partial charge >= 0.3 is 0 Å². The molecule has 2 saturated heterocycles. The van der Waals surface area contributed by atoms with Crippen molar-refractivity contribution in [3.63, 3.8) is 0 Å². The maximum atomic E-state index is 13.2. The molecule has 8 nitrogen and oxygen atoms in total. The number of aromatic nitrogens is 2. The van der Waals surface area contributed by atoms with Gasteiger partial charge in [-0.2, -0.15) is 9.29 Å². The van der Waals surface area contributed by atoms with Crippen molar-refractivity contribution < 1.29 is 13.2 Å². The monoisotopic (exact) mass is 431 g/mol. The lowest BCUT2D eigenvalue weighted by atomic mass is 10.2. The molecular formula is C21H29N5O3S. The van der Waals surface area contributed by atoms with E-state index in [1.165, 1.54) is 0 Å². The van der Waals surface area contributed by atoms with Gasteiger partial charge in [0.1, 0.15) is 5.82 Å². The van der Waals surface area contributed by atoms with Crippen molar-refractivity contribution in [3.8, 4) is 0 Å². The number of rotatable bonds is 4. The molecule has 0 bridgehead atoms. The highest BCUT2D eigenvalue weighted by Crippen LogP contribution is 2.24. The number of anilines is 2. The minimum atomic E-state index is -3.51. The second-order valence-corrected chi connectivity index (χ2v) is 9.83. The van der Waals surface area contributed by atoms with Gasteiger partial charge in [0, 0.05) is 51.0 Å². The van der Waals surface area contributed by atoms with E-state index in [0.717, 1.165) is 35.7 Å². The first kappa shape index (κ1) is 21.0. The summed E-state index contributed by atoms with van der Waals surface area (Å²) in [7, 11) is -3.51. The standard InChI is InChI=1S/C21H29N5O3S/c1-16-4-5-17(2)19(14-16)30(27,28)26-8-6-25(7-9-26)21-22-18(3)15-20(23-21)24-10-12-29-13-11-24/h4-5,14-15H,6-13H2,1-3H3. The molecule has 2 aliphatic rings. The van der Waals surface area contributed by atoms with Crippen molar-refractivity contribution in [2.75, 3.05) is 62.3 Å². The molecule has 0 aliphatic carbocycles. The van der Waals surface area contributed by atoms with Gasteiger partial charge in [0.2, 0.25) is 16.0 Å². The Labute approximate surface area is 178 Å². The van der Waals surface area contributed by atoms with Gasteiger partial charge in [-0.05, 0) is 38.0 Å². The zero-order valence-corrected chi connectivity index (χ0v) is 18.7. The smallest absolute Gasteiger partial charge is 0.243 e. The fourth-order valence-corrected chi connectivity index (χ4v) is 5.62. The molecule has 9 heteroatoms. The van der Waals surface area contributed by atoms with E-state index in [1.807, 2.05) is 39.0 Å². The van der Waals surface area contributed by atoms with Crippen LogP contribution in [0, 0.1) is 20.8 Å². The third-order valence-electron chi connectivity index (χ3n) is 5.65. The summed E-state index contributed by atoms with van der Waals surface area (Å²) in [6.45, 7) is 10.7. The molecule has 2 aromatic rings. The first-order valence-corrected chi connectivity index (χ1v) is 11.8. The highest BCUT2D eigenvalue weighted by molar-refractivity contribution is 7.89. The first-order valence-electron chi connectivity index (χ1n) is 10.4. The molecule has 0 unspecified atom stereocenters. The lowest BCUT2D eigenvalue weighted by Gasteiger charge is -2.35. The predicted molar refractivity (Wildman–Crippen MR) is 117 cm³/mol. The van der Waals surface area contributed by atoms with Gasteiger partial charge < -0.3 is 14.5 Å². The molecule has 162 valence electrons. The van der Waals surface area contributed by atoms with Crippen molar-refractivity contribution in [1.29, 1.82) is 0 Å². The highest BCUT2D eigenvalue weighted by atomic mass is 32.2. The summed E-state index contributed by atoms with van der Waals surface area (Å²) in [6, 6.07) is 7.56. The van der Waals surface area contributed by atoms with Crippen LogP contribution in [0.3, 0.4) is 0 Å². The summed E-state index contributed by atoms with van der Waals surface area (Å²) in [5.74, 6) is 1.58. The van der Waals surface area contributed by atoms with Gasteiger partial charge in [-0.25, -0.2) is 13.4 Å². The Morgan fingerprint density at radius 2 is 1.57 bits per heavy atom. The summed E-state index contributed by atoms with van der Waals surface area (Å²) in [5, 5.41) is 0. The molecule has 2 aliphatic heterocycles. The van der Waals surface area contributed by atoms with Crippen molar-refractivity contribution in [2.24, 2.45) is 0 Å². The van der Waals surface area contributed by atoms with Crippen molar-refractivity contribution in [3.05, 3.63) is 41.1 Å². The number of piperazine rings is 1. The molecule has 0 atom stereocenters. The zero-order valence-electron chi connectivity index (χ0n) is 17.8. The van der Waals surface area contributed by atoms with Crippen LogP contribution in [0.1, 0.15) is 16.8 Å². The molecule has 0 N–H and O–H groups in total. The van der Waals surface area contributed by atoms with Crippen LogP contribution in [-0.4, -0.2) is 75.2 Å². The fraction of sp³-hybridized carbons (Fsp3) is 0.524.